The maximum Gasteiger partial charge on any atom is 0.300 e. The van der Waals surface area contributed by atoms with Crippen molar-refractivity contribution in [2.24, 2.45) is 0 Å². The number of nitrogens with zero attached hydrogens (tertiary/aromatic N) is 1. The first-order valence-corrected chi connectivity index (χ1v) is 12.0. The Morgan fingerprint density at radius 1 is 0.917 bits per heavy atom. The summed E-state index contributed by atoms with van der Waals surface area (Å²) in [6.45, 7) is 4.36. The van der Waals surface area contributed by atoms with Crippen LogP contribution in [0.5, 0.6) is 17.2 Å². The molecule has 0 bridgehead atoms. The fourth-order valence-electron chi connectivity index (χ4n) is 4.12. The van der Waals surface area contributed by atoms with Gasteiger partial charge in [0, 0.05) is 21.8 Å². The molecule has 1 fully saturated rings. The molecule has 36 heavy (non-hydrogen) atoms. The van der Waals surface area contributed by atoms with Gasteiger partial charge in [0.05, 0.1) is 30.4 Å². The highest BCUT2D eigenvalue weighted by molar-refractivity contribution is 6.52. The largest absolute Gasteiger partial charge is 0.508 e. The Balaban J connectivity index is 1.96. The van der Waals surface area contributed by atoms with Crippen LogP contribution in [0.4, 0.5) is 5.69 Å². The molecule has 0 saturated carbocycles. The fourth-order valence-corrected chi connectivity index (χ4v) is 4.64. The van der Waals surface area contributed by atoms with Gasteiger partial charge in [-0.2, -0.15) is 0 Å². The summed E-state index contributed by atoms with van der Waals surface area (Å²) in [5.74, 6) is -1.33. The minimum absolute atomic E-state index is 0.00615. The standard InChI is InChI=1S/C27H23Cl2NO6/c1-3-35-20-9-10-21(22(14-20)36-4-2)25(32)23-24(15-5-7-19(31)8-6-15)30(27(34)26(23)33)18-12-16(28)11-17(29)13-18/h5-14,24,31-32H,3-4H2,1-2H3/b25-23-. The number of carbonyl (C=O) groups is 2. The van der Waals surface area contributed by atoms with Crippen LogP contribution in [0, 0.1) is 0 Å². The van der Waals surface area contributed by atoms with E-state index in [1.54, 1.807) is 37.3 Å². The predicted octanol–water partition coefficient (Wildman–Crippen LogP) is 6.12. The topological polar surface area (TPSA) is 96.3 Å². The quantitative estimate of drug-likeness (QED) is 0.218. The van der Waals surface area contributed by atoms with Gasteiger partial charge in [0.2, 0.25) is 0 Å². The number of aliphatic hydroxyl groups is 1. The third-order valence-corrected chi connectivity index (χ3v) is 6.03. The molecule has 0 spiro atoms. The number of rotatable bonds is 7. The van der Waals surface area contributed by atoms with Gasteiger partial charge >= 0.3 is 0 Å². The predicted molar refractivity (Wildman–Crippen MR) is 138 cm³/mol. The molecule has 3 aromatic carbocycles. The van der Waals surface area contributed by atoms with Crippen LogP contribution in [0.15, 0.2) is 66.2 Å². The van der Waals surface area contributed by atoms with E-state index in [-0.39, 0.29) is 32.6 Å². The summed E-state index contributed by atoms with van der Waals surface area (Å²) in [4.78, 5) is 27.9. The summed E-state index contributed by atoms with van der Waals surface area (Å²) < 4.78 is 11.2. The number of phenolic OH excluding ortho intramolecular Hbond substituents is 1. The van der Waals surface area contributed by atoms with E-state index in [0.717, 1.165) is 0 Å². The fraction of sp³-hybridized carbons (Fsp3) is 0.185. The molecule has 1 aliphatic heterocycles. The first kappa shape index (κ1) is 25.4. The smallest absolute Gasteiger partial charge is 0.300 e. The van der Waals surface area contributed by atoms with Gasteiger partial charge in [0.1, 0.15) is 23.0 Å². The Hall–Kier alpha value is -3.68. The molecule has 0 radical (unpaired) electrons. The van der Waals surface area contributed by atoms with Gasteiger partial charge in [-0.3, -0.25) is 14.5 Å². The molecular weight excluding hydrogens is 505 g/mol. The monoisotopic (exact) mass is 527 g/mol. The van der Waals surface area contributed by atoms with Gasteiger partial charge in [-0.1, -0.05) is 35.3 Å². The molecule has 7 nitrogen and oxygen atoms in total. The average molecular weight is 528 g/mol. The van der Waals surface area contributed by atoms with Crippen molar-refractivity contribution in [2.75, 3.05) is 18.1 Å². The average Bonchev–Trinajstić information content (AvgIpc) is 3.09. The molecule has 0 aliphatic carbocycles. The summed E-state index contributed by atoms with van der Waals surface area (Å²) in [6, 6.07) is 14.3. The lowest BCUT2D eigenvalue weighted by atomic mass is 9.94. The number of ketones is 1. The van der Waals surface area contributed by atoms with Crippen molar-refractivity contribution < 1.29 is 29.3 Å². The number of carbonyl (C=O) groups excluding carboxylic acids is 2. The van der Waals surface area contributed by atoms with Crippen LogP contribution in [-0.2, 0) is 9.59 Å². The highest BCUT2D eigenvalue weighted by Gasteiger charge is 2.47. The molecule has 1 heterocycles. The van der Waals surface area contributed by atoms with Crippen LogP contribution in [0.1, 0.15) is 31.0 Å². The molecule has 0 aromatic heterocycles. The van der Waals surface area contributed by atoms with Crippen molar-refractivity contribution in [1.29, 1.82) is 0 Å². The molecule has 9 heteroatoms. The molecule has 1 atom stereocenters. The zero-order valence-corrected chi connectivity index (χ0v) is 21.0. The Morgan fingerprint density at radius 2 is 1.56 bits per heavy atom. The summed E-state index contributed by atoms with van der Waals surface area (Å²) in [5, 5.41) is 21.8. The number of hydrogen-bond donors (Lipinski definition) is 2. The van der Waals surface area contributed by atoms with E-state index in [1.807, 2.05) is 6.92 Å². The number of amides is 1. The van der Waals surface area contributed by atoms with Crippen LogP contribution >= 0.6 is 23.2 Å². The molecule has 1 unspecified atom stereocenters. The van der Waals surface area contributed by atoms with Crippen LogP contribution in [0.2, 0.25) is 10.0 Å². The second kappa shape index (κ2) is 10.5. The Labute approximate surface area is 218 Å². The first-order valence-electron chi connectivity index (χ1n) is 11.2. The lowest BCUT2D eigenvalue weighted by Crippen LogP contribution is -2.29. The van der Waals surface area contributed by atoms with Crippen molar-refractivity contribution >= 4 is 46.3 Å². The third kappa shape index (κ3) is 4.85. The van der Waals surface area contributed by atoms with Gasteiger partial charge in [-0.15, -0.1) is 0 Å². The highest BCUT2D eigenvalue weighted by atomic mass is 35.5. The van der Waals surface area contributed by atoms with E-state index in [2.05, 4.69) is 0 Å². The van der Waals surface area contributed by atoms with Crippen LogP contribution in [0.3, 0.4) is 0 Å². The number of hydrogen-bond acceptors (Lipinski definition) is 6. The van der Waals surface area contributed by atoms with Crippen LogP contribution < -0.4 is 14.4 Å². The molecular formula is C27H23Cl2NO6. The Kier molecular flexibility index (Phi) is 7.43. The molecule has 2 N–H and O–H groups in total. The first-order chi connectivity index (χ1) is 17.2. The van der Waals surface area contributed by atoms with Gasteiger partial charge in [-0.05, 0) is 61.9 Å². The SMILES string of the molecule is CCOc1ccc(/C(O)=C2/C(=O)C(=O)N(c3cc(Cl)cc(Cl)c3)C2c2ccc(O)cc2)c(OCC)c1. The second-order valence-electron chi connectivity index (χ2n) is 7.91. The number of halogens is 2. The number of ether oxygens (including phenoxy) is 2. The molecule has 186 valence electrons. The zero-order chi connectivity index (χ0) is 26.0. The summed E-state index contributed by atoms with van der Waals surface area (Å²) >= 11 is 12.4. The van der Waals surface area contributed by atoms with E-state index in [4.69, 9.17) is 32.7 Å². The normalized spacial score (nSPS) is 16.9. The van der Waals surface area contributed by atoms with Gasteiger partial charge in [0.25, 0.3) is 11.7 Å². The Bertz CT molecular complexity index is 1330. The maximum atomic E-state index is 13.4. The van der Waals surface area contributed by atoms with E-state index < -0.39 is 23.5 Å². The number of anilines is 1. The minimum Gasteiger partial charge on any atom is -0.508 e. The van der Waals surface area contributed by atoms with Crippen LogP contribution in [-0.4, -0.2) is 35.1 Å². The molecule has 3 aromatic rings. The summed E-state index contributed by atoms with van der Waals surface area (Å²) in [6.07, 6.45) is 0. The zero-order valence-electron chi connectivity index (χ0n) is 19.5. The number of benzene rings is 3. The van der Waals surface area contributed by atoms with E-state index in [9.17, 15) is 19.8 Å². The van der Waals surface area contributed by atoms with E-state index in [0.29, 0.717) is 30.3 Å². The van der Waals surface area contributed by atoms with Gasteiger partial charge < -0.3 is 19.7 Å². The van der Waals surface area contributed by atoms with Crippen molar-refractivity contribution in [3.05, 3.63) is 87.4 Å². The minimum atomic E-state index is -1.03. The van der Waals surface area contributed by atoms with E-state index in [1.165, 1.54) is 35.2 Å². The Morgan fingerprint density at radius 3 is 2.17 bits per heavy atom. The van der Waals surface area contributed by atoms with Crippen molar-refractivity contribution in [1.82, 2.24) is 0 Å². The summed E-state index contributed by atoms with van der Waals surface area (Å²) in [5.41, 5.74) is 0.843. The van der Waals surface area contributed by atoms with E-state index >= 15 is 0 Å². The summed E-state index contributed by atoms with van der Waals surface area (Å²) in [7, 11) is 0. The highest BCUT2D eigenvalue weighted by Crippen LogP contribution is 2.44. The lowest BCUT2D eigenvalue weighted by Gasteiger charge is -2.26. The van der Waals surface area contributed by atoms with Gasteiger partial charge in [0.15, 0.2) is 0 Å². The third-order valence-electron chi connectivity index (χ3n) is 5.60. The molecule has 1 amide bonds. The number of aliphatic hydroxyl groups excluding tert-OH is 1. The molecule has 1 aliphatic rings. The van der Waals surface area contributed by atoms with Crippen molar-refractivity contribution in [3.63, 3.8) is 0 Å². The van der Waals surface area contributed by atoms with Gasteiger partial charge in [-0.25, -0.2) is 0 Å². The maximum absolute atomic E-state index is 13.4. The number of phenols is 1. The van der Waals surface area contributed by atoms with Crippen molar-refractivity contribution in [3.8, 4) is 17.2 Å². The lowest BCUT2D eigenvalue weighted by molar-refractivity contribution is -0.132. The number of aromatic hydroxyl groups is 1. The molecule has 4 rings (SSSR count). The van der Waals surface area contributed by atoms with Crippen LogP contribution in [0.25, 0.3) is 5.76 Å². The van der Waals surface area contributed by atoms with Crippen molar-refractivity contribution in [2.45, 2.75) is 19.9 Å². The molecule has 1 saturated heterocycles. The number of Topliss-reactive ketones (excluding diaryl/α,β-unsaturated/α-hetero) is 1. The second-order valence-corrected chi connectivity index (χ2v) is 8.79.